The normalized spacial score (nSPS) is 49.8. The van der Waals surface area contributed by atoms with E-state index in [0.717, 1.165) is 25.3 Å². The first-order valence-electron chi connectivity index (χ1n) is 14.7. The fourth-order valence-electron chi connectivity index (χ4n) is 9.84. The number of allylic oxidation sites excluding steroid dienone is 4. The molecule has 0 spiro atoms. The van der Waals surface area contributed by atoms with E-state index in [-0.39, 0.29) is 37.4 Å². The van der Waals surface area contributed by atoms with Crippen LogP contribution in [0.4, 0.5) is 13.6 Å². The smallest absolute Gasteiger partial charge is 0.478 e. The number of hydrogen-bond acceptors (Lipinski definition) is 6. The van der Waals surface area contributed by atoms with Gasteiger partial charge in [0.1, 0.15) is 6.17 Å². The van der Waals surface area contributed by atoms with Crippen LogP contribution in [0.25, 0.3) is 0 Å². The number of hydrogen-bond donors (Lipinski definition) is 2. The number of ether oxygens (including phenoxy) is 2. The molecule has 0 aliphatic heterocycles. The summed E-state index contributed by atoms with van der Waals surface area (Å²) in [6.45, 7) is 9.19. The highest BCUT2D eigenvalue weighted by molar-refractivity contribution is 6.01. The van der Waals surface area contributed by atoms with E-state index >= 15 is 8.78 Å². The van der Waals surface area contributed by atoms with E-state index in [0.29, 0.717) is 11.8 Å². The van der Waals surface area contributed by atoms with Gasteiger partial charge in [-0.25, -0.2) is 18.4 Å². The minimum Gasteiger partial charge on any atom is -0.478 e. The molecule has 5 rings (SSSR count). The standard InChI is InChI=1S/C31H42F2O7/c1-16-8-17(2)10-19(9-16)15-39-27(38)40-31(26(36)37)18(3)11-21-22-13-24(32)23-12-20(34)6-7-28(23,4)30(22,33)25(35)14-29(21,31)5/h6-7,12,16-19,21-22,24-25,35H,8-11,13-15H2,1-5H3,(H,36,37)/t16-,17+,18-,19?,21+,22+,24+,25+,28+,29+,30+,31+/m1/s1. The number of aliphatic hydroxyl groups excluding tert-OH is 1. The van der Waals surface area contributed by atoms with Crippen LogP contribution < -0.4 is 0 Å². The first-order valence-corrected chi connectivity index (χ1v) is 14.7. The van der Waals surface area contributed by atoms with E-state index in [2.05, 4.69) is 13.8 Å². The van der Waals surface area contributed by atoms with Gasteiger partial charge in [-0.05, 0) is 86.8 Å². The van der Waals surface area contributed by atoms with Gasteiger partial charge in [0.25, 0.3) is 0 Å². The topological polar surface area (TPSA) is 110 Å². The Morgan fingerprint density at radius 1 is 1.05 bits per heavy atom. The van der Waals surface area contributed by atoms with E-state index in [4.69, 9.17) is 9.47 Å². The lowest BCUT2D eigenvalue weighted by atomic mass is 9.44. The van der Waals surface area contributed by atoms with Crippen molar-refractivity contribution in [3.8, 4) is 0 Å². The van der Waals surface area contributed by atoms with Crippen LogP contribution in [-0.4, -0.2) is 58.3 Å². The Bertz CT molecular complexity index is 1140. The Morgan fingerprint density at radius 2 is 1.70 bits per heavy atom. The molecule has 0 radical (unpaired) electrons. The zero-order valence-electron chi connectivity index (χ0n) is 24.0. The van der Waals surface area contributed by atoms with Crippen LogP contribution in [0.2, 0.25) is 0 Å². The number of fused-ring (bicyclic) bond motifs is 5. The van der Waals surface area contributed by atoms with Crippen molar-refractivity contribution in [1.29, 1.82) is 0 Å². The van der Waals surface area contributed by atoms with E-state index < -0.39 is 70.0 Å². The monoisotopic (exact) mass is 564 g/mol. The molecule has 2 N–H and O–H groups in total. The zero-order chi connectivity index (χ0) is 29.4. The van der Waals surface area contributed by atoms with E-state index in [1.54, 1.807) is 13.8 Å². The zero-order valence-corrected chi connectivity index (χ0v) is 24.0. The minimum atomic E-state index is -2.34. The van der Waals surface area contributed by atoms with Crippen LogP contribution in [0.3, 0.4) is 0 Å². The molecule has 12 atom stereocenters. The molecule has 0 saturated heterocycles. The highest BCUT2D eigenvalue weighted by Gasteiger charge is 2.78. The second-order valence-corrected chi connectivity index (χ2v) is 14.0. The van der Waals surface area contributed by atoms with Gasteiger partial charge in [0.05, 0.1) is 12.7 Å². The van der Waals surface area contributed by atoms with Crippen molar-refractivity contribution in [2.24, 2.45) is 46.3 Å². The first-order chi connectivity index (χ1) is 18.6. The lowest BCUT2D eigenvalue weighted by Gasteiger charge is -2.62. The quantitative estimate of drug-likeness (QED) is 0.428. The molecule has 0 aromatic rings. The van der Waals surface area contributed by atoms with Crippen LogP contribution in [-0.2, 0) is 19.1 Å². The Labute approximate surface area is 234 Å². The molecule has 0 aromatic carbocycles. The van der Waals surface area contributed by atoms with Gasteiger partial charge in [0.2, 0.25) is 5.60 Å². The Hall–Kier alpha value is -2.29. The molecular formula is C31H42F2O7. The molecule has 40 heavy (non-hydrogen) atoms. The third-order valence-corrected chi connectivity index (χ3v) is 11.4. The molecule has 0 bridgehead atoms. The molecule has 4 saturated carbocycles. The van der Waals surface area contributed by atoms with Crippen LogP contribution in [0, 0.1) is 46.3 Å². The number of carboxylic acids is 1. The van der Waals surface area contributed by atoms with E-state index in [1.165, 1.54) is 19.1 Å². The maximum absolute atomic E-state index is 17.4. The van der Waals surface area contributed by atoms with Gasteiger partial charge in [0.15, 0.2) is 11.5 Å². The van der Waals surface area contributed by atoms with Crippen molar-refractivity contribution >= 4 is 17.9 Å². The van der Waals surface area contributed by atoms with Crippen molar-refractivity contribution in [3.63, 3.8) is 0 Å². The Kier molecular flexibility index (Phi) is 7.03. The SMILES string of the molecule is C[C@@H]1CC(COC(=O)O[C@]2(C(=O)O)[C@H](C)C[C@H]3[C@@H]4C[C@H](F)C5=CC(=O)C=C[C@]5(C)[C@@]4(F)[C@@H](O)C[C@@]32C)C[C@H](C)C1. The van der Waals surface area contributed by atoms with Gasteiger partial charge < -0.3 is 19.7 Å². The number of aliphatic carboxylic acids is 1. The fourth-order valence-corrected chi connectivity index (χ4v) is 9.84. The summed E-state index contributed by atoms with van der Waals surface area (Å²) in [5.74, 6) is -3.18. The molecule has 4 fully saturated rings. The van der Waals surface area contributed by atoms with Crippen molar-refractivity contribution in [2.45, 2.75) is 96.7 Å². The summed E-state index contributed by atoms with van der Waals surface area (Å²) in [6.07, 6.45) is 1.73. The average molecular weight is 565 g/mol. The number of carbonyl (C=O) groups excluding carboxylic acids is 2. The minimum absolute atomic E-state index is 0.00289. The Morgan fingerprint density at radius 3 is 2.33 bits per heavy atom. The number of ketones is 1. The number of carbonyl (C=O) groups is 3. The summed E-state index contributed by atoms with van der Waals surface area (Å²) in [4.78, 5) is 38.1. The first kappa shape index (κ1) is 29.2. The number of rotatable bonds is 4. The predicted molar refractivity (Wildman–Crippen MR) is 142 cm³/mol. The second-order valence-electron chi connectivity index (χ2n) is 14.0. The molecule has 5 aliphatic carbocycles. The summed E-state index contributed by atoms with van der Waals surface area (Å²) >= 11 is 0. The third kappa shape index (κ3) is 3.92. The Balaban J connectivity index is 1.45. The second kappa shape index (κ2) is 9.63. The number of halogens is 2. The van der Waals surface area contributed by atoms with E-state index in [1.807, 2.05) is 0 Å². The summed E-state index contributed by atoms with van der Waals surface area (Å²) in [5, 5.41) is 22.1. The van der Waals surface area contributed by atoms with Gasteiger partial charge in [0, 0.05) is 22.7 Å². The lowest BCUT2D eigenvalue weighted by Crippen LogP contribution is -2.71. The maximum atomic E-state index is 17.4. The van der Waals surface area contributed by atoms with Crippen LogP contribution >= 0.6 is 0 Å². The van der Waals surface area contributed by atoms with Crippen LogP contribution in [0.15, 0.2) is 23.8 Å². The van der Waals surface area contributed by atoms with Gasteiger partial charge in [-0.15, -0.1) is 0 Å². The third-order valence-electron chi connectivity index (χ3n) is 11.4. The van der Waals surface area contributed by atoms with Crippen molar-refractivity contribution in [2.75, 3.05) is 6.61 Å². The van der Waals surface area contributed by atoms with Crippen molar-refractivity contribution in [1.82, 2.24) is 0 Å². The van der Waals surface area contributed by atoms with Gasteiger partial charge in [-0.2, -0.15) is 0 Å². The number of aliphatic hydroxyl groups is 1. The van der Waals surface area contributed by atoms with E-state index in [9.17, 15) is 24.6 Å². The lowest BCUT2D eigenvalue weighted by molar-refractivity contribution is -0.231. The predicted octanol–water partition coefficient (Wildman–Crippen LogP) is 5.60. The van der Waals surface area contributed by atoms with Gasteiger partial charge in [-0.3, -0.25) is 4.79 Å². The van der Waals surface area contributed by atoms with Gasteiger partial charge in [-0.1, -0.05) is 33.8 Å². The molecule has 0 heterocycles. The highest BCUT2D eigenvalue weighted by atomic mass is 19.1. The van der Waals surface area contributed by atoms with Crippen LogP contribution in [0.5, 0.6) is 0 Å². The average Bonchev–Trinajstić information content (AvgIpc) is 3.07. The summed E-state index contributed by atoms with van der Waals surface area (Å²) in [7, 11) is 0. The molecule has 0 amide bonds. The fraction of sp³-hybridized carbons (Fsp3) is 0.774. The summed E-state index contributed by atoms with van der Waals surface area (Å²) in [5.41, 5.74) is -7.40. The molecular weight excluding hydrogens is 522 g/mol. The summed E-state index contributed by atoms with van der Waals surface area (Å²) < 4.78 is 44.3. The molecule has 1 unspecified atom stereocenters. The van der Waals surface area contributed by atoms with Gasteiger partial charge >= 0.3 is 12.1 Å². The molecule has 5 aliphatic rings. The maximum Gasteiger partial charge on any atom is 0.509 e. The van der Waals surface area contributed by atoms with Crippen molar-refractivity contribution < 1.29 is 42.9 Å². The summed E-state index contributed by atoms with van der Waals surface area (Å²) in [6, 6.07) is 0. The highest BCUT2D eigenvalue weighted by Crippen LogP contribution is 2.71. The van der Waals surface area contributed by atoms with Crippen LogP contribution in [0.1, 0.15) is 73.1 Å². The van der Waals surface area contributed by atoms with Crippen molar-refractivity contribution in [3.05, 3.63) is 23.8 Å². The molecule has 7 nitrogen and oxygen atoms in total. The largest absolute Gasteiger partial charge is 0.509 e. The molecule has 222 valence electrons. The number of alkyl halides is 2. The number of carboxylic acid groups (broad SMARTS) is 1. The molecule has 9 heteroatoms. The molecule has 0 aromatic heterocycles.